The highest BCUT2D eigenvalue weighted by Gasteiger charge is 2.26. The maximum absolute atomic E-state index is 10.1. The fraction of sp³-hybridized carbons (Fsp3) is 0.571. The first-order valence-electron chi connectivity index (χ1n) is 6.37. The summed E-state index contributed by atoms with van der Waals surface area (Å²) in [5, 5.41) is 19.2. The molecule has 18 heavy (non-hydrogen) atoms. The third kappa shape index (κ3) is 2.80. The standard InChI is InChI=1S/C14H19N3O/c1-11-4-5-12(10-15)13(16-11)17-8-3-6-14(2,18)7-9-17/h4-5,18H,3,6-9H2,1-2H3. The zero-order valence-corrected chi connectivity index (χ0v) is 11.0. The third-order valence-electron chi connectivity index (χ3n) is 3.50. The molecule has 1 unspecified atom stereocenters. The lowest BCUT2D eigenvalue weighted by atomic mass is 9.98. The number of pyridine rings is 1. The lowest BCUT2D eigenvalue weighted by Gasteiger charge is -2.24. The van der Waals surface area contributed by atoms with E-state index in [1.165, 1.54) is 0 Å². The summed E-state index contributed by atoms with van der Waals surface area (Å²) in [6.45, 7) is 5.41. The molecule has 1 saturated heterocycles. The van der Waals surface area contributed by atoms with Crippen LogP contribution in [0.1, 0.15) is 37.4 Å². The molecule has 1 aromatic heterocycles. The molecule has 0 aliphatic carbocycles. The van der Waals surface area contributed by atoms with E-state index in [0.717, 1.165) is 37.4 Å². The molecule has 1 aromatic rings. The van der Waals surface area contributed by atoms with Crippen molar-refractivity contribution in [3.05, 3.63) is 23.4 Å². The normalized spacial score (nSPS) is 24.4. The van der Waals surface area contributed by atoms with Crippen molar-refractivity contribution in [3.8, 4) is 6.07 Å². The second-order valence-corrected chi connectivity index (χ2v) is 5.27. The van der Waals surface area contributed by atoms with Gasteiger partial charge in [-0.25, -0.2) is 4.98 Å². The van der Waals surface area contributed by atoms with Crippen molar-refractivity contribution in [2.24, 2.45) is 0 Å². The molecule has 1 atom stereocenters. The Morgan fingerprint density at radius 1 is 1.39 bits per heavy atom. The number of hydrogen-bond acceptors (Lipinski definition) is 4. The van der Waals surface area contributed by atoms with Gasteiger partial charge in [0.05, 0.1) is 11.2 Å². The summed E-state index contributed by atoms with van der Waals surface area (Å²) >= 11 is 0. The molecule has 0 aromatic carbocycles. The van der Waals surface area contributed by atoms with Gasteiger partial charge in [-0.3, -0.25) is 0 Å². The Morgan fingerprint density at radius 3 is 2.89 bits per heavy atom. The van der Waals surface area contributed by atoms with Crippen LogP contribution in [0.25, 0.3) is 0 Å². The van der Waals surface area contributed by atoms with Gasteiger partial charge in [0.15, 0.2) is 0 Å². The quantitative estimate of drug-likeness (QED) is 0.822. The van der Waals surface area contributed by atoms with E-state index in [2.05, 4.69) is 16.0 Å². The molecule has 0 amide bonds. The molecule has 1 N–H and O–H groups in total. The number of nitrogens with zero attached hydrogens (tertiary/aromatic N) is 3. The van der Waals surface area contributed by atoms with Crippen molar-refractivity contribution < 1.29 is 5.11 Å². The van der Waals surface area contributed by atoms with E-state index >= 15 is 0 Å². The van der Waals surface area contributed by atoms with Crippen LogP contribution in [0, 0.1) is 18.3 Å². The molecule has 1 fully saturated rings. The van der Waals surface area contributed by atoms with Crippen molar-refractivity contribution >= 4 is 5.82 Å². The summed E-state index contributed by atoms with van der Waals surface area (Å²) in [5.41, 5.74) is 0.938. The minimum absolute atomic E-state index is 0.592. The molecule has 2 heterocycles. The Labute approximate surface area is 108 Å². The van der Waals surface area contributed by atoms with Gasteiger partial charge < -0.3 is 10.0 Å². The van der Waals surface area contributed by atoms with Gasteiger partial charge in [-0.2, -0.15) is 5.26 Å². The molecule has 4 heteroatoms. The molecule has 1 aliphatic rings. The van der Waals surface area contributed by atoms with E-state index in [9.17, 15) is 5.11 Å². The Morgan fingerprint density at radius 2 is 2.17 bits per heavy atom. The first kappa shape index (κ1) is 12.8. The van der Waals surface area contributed by atoms with Crippen LogP contribution in [-0.4, -0.2) is 28.8 Å². The monoisotopic (exact) mass is 245 g/mol. The van der Waals surface area contributed by atoms with Crippen molar-refractivity contribution in [1.82, 2.24) is 4.98 Å². The summed E-state index contributed by atoms with van der Waals surface area (Å²) in [6.07, 6.45) is 2.44. The van der Waals surface area contributed by atoms with Crippen LogP contribution in [0.4, 0.5) is 5.82 Å². The third-order valence-corrected chi connectivity index (χ3v) is 3.50. The predicted octanol–water partition coefficient (Wildman–Crippen LogP) is 2.00. The van der Waals surface area contributed by atoms with Crippen LogP contribution in [0.3, 0.4) is 0 Å². The summed E-state index contributed by atoms with van der Waals surface area (Å²) in [4.78, 5) is 6.60. The molecular formula is C14H19N3O. The summed E-state index contributed by atoms with van der Waals surface area (Å²) < 4.78 is 0. The lowest BCUT2D eigenvalue weighted by Crippen LogP contribution is -2.29. The number of aromatic nitrogens is 1. The Hall–Kier alpha value is -1.60. The number of hydrogen-bond donors (Lipinski definition) is 1. The fourth-order valence-electron chi connectivity index (χ4n) is 2.35. The lowest BCUT2D eigenvalue weighted by molar-refractivity contribution is 0.0481. The first-order valence-corrected chi connectivity index (χ1v) is 6.37. The van der Waals surface area contributed by atoms with Gasteiger partial charge in [-0.15, -0.1) is 0 Å². The minimum Gasteiger partial charge on any atom is -0.390 e. The van der Waals surface area contributed by atoms with E-state index in [0.29, 0.717) is 12.0 Å². The van der Waals surface area contributed by atoms with Gasteiger partial charge in [0.1, 0.15) is 11.9 Å². The fourth-order valence-corrected chi connectivity index (χ4v) is 2.35. The van der Waals surface area contributed by atoms with Crippen LogP contribution in [0.15, 0.2) is 12.1 Å². The van der Waals surface area contributed by atoms with Crippen LogP contribution < -0.4 is 4.90 Å². The molecule has 0 saturated carbocycles. The topological polar surface area (TPSA) is 60.2 Å². The van der Waals surface area contributed by atoms with Crippen LogP contribution in [-0.2, 0) is 0 Å². The van der Waals surface area contributed by atoms with Crippen molar-refractivity contribution in [1.29, 1.82) is 5.26 Å². The average Bonchev–Trinajstić information content (AvgIpc) is 2.50. The SMILES string of the molecule is Cc1ccc(C#N)c(N2CCCC(C)(O)CC2)n1. The number of aryl methyl sites for hydroxylation is 1. The Bertz CT molecular complexity index is 476. The maximum atomic E-state index is 10.1. The van der Waals surface area contributed by atoms with E-state index in [1.807, 2.05) is 26.0 Å². The van der Waals surface area contributed by atoms with Crippen molar-refractivity contribution in [2.75, 3.05) is 18.0 Å². The minimum atomic E-state index is -0.592. The molecule has 96 valence electrons. The van der Waals surface area contributed by atoms with Gasteiger partial charge >= 0.3 is 0 Å². The number of nitriles is 1. The zero-order valence-electron chi connectivity index (χ0n) is 11.0. The average molecular weight is 245 g/mol. The molecule has 0 spiro atoms. The first-order chi connectivity index (χ1) is 8.52. The number of aliphatic hydroxyl groups is 1. The molecule has 2 rings (SSSR count). The van der Waals surface area contributed by atoms with Crippen LogP contribution in [0.2, 0.25) is 0 Å². The van der Waals surface area contributed by atoms with Crippen molar-refractivity contribution in [2.45, 2.75) is 38.7 Å². The smallest absolute Gasteiger partial charge is 0.146 e. The maximum Gasteiger partial charge on any atom is 0.146 e. The largest absolute Gasteiger partial charge is 0.390 e. The molecular weight excluding hydrogens is 226 g/mol. The highest BCUT2D eigenvalue weighted by atomic mass is 16.3. The zero-order chi connectivity index (χ0) is 13.2. The van der Waals surface area contributed by atoms with E-state index in [4.69, 9.17) is 5.26 Å². The van der Waals surface area contributed by atoms with Crippen LogP contribution >= 0.6 is 0 Å². The second kappa shape index (κ2) is 4.95. The summed E-state index contributed by atoms with van der Waals surface area (Å²) in [6, 6.07) is 5.87. The highest BCUT2D eigenvalue weighted by Crippen LogP contribution is 2.26. The van der Waals surface area contributed by atoms with Gasteiger partial charge in [0.2, 0.25) is 0 Å². The van der Waals surface area contributed by atoms with E-state index in [1.54, 1.807) is 0 Å². The predicted molar refractivity (Wildman–Crippen MR) is 70.4 cm³/mol. The number of rotatable bonds is 1. The van der Waals surface area contributed by atoms with E-state index < -0.39 is 5.60 Å². The van der Waals surface area contributed by atoms with Crippen molar-refractivity contribution in [3.63, 3.8) is 0 Å². The van der Waals surface area contributed by atoms with E-state index in [-0.39, 0.29) is 0 Å². The summed E-state index contributed by atoms with van der Waals surface area (Å²) in [5.74, 6) is 0.759. The highest BCUT2D eigenvalue weighted by molar-refractivity contribution is 5.54. The van der Waals surface area contributed by atoms with Gasteiger partial charge in [0.25, 0.3) is 0 Å². The van der Waals surface area contributed by atoms with Gasteiger partial charge in [-0.05, 0) is 45.2 Å². The molecule has 0 radical (unpaired) electrons. The molecule has 4 nitrogen and oxygen atoms in total. The van der Waals surface area contributed by atoms with Gasteiger partial charge in [-0.1, -0.05) is 0 Å². The van der Waals surface area contributed by atoms with Crippen LogP contribution in [0.5, 0.6) is 0 Å². The molecule has 1 aliphatic heterocycles. The summed E-state index contributed by atoms with van der Waals surface area (Å²) in [7, 11) is 0. The Kier molecular flexibility index (Phi) is 3.53. The molecule has 0 bridgehead atoms. The van der Waals surface area contributed by atoms with Gasteiger partial charge in [0, 0.05) is 18.8 Å². The number of anilines is 1. The Balaban J connectivity index is 2.26. The second-order valence-electron chi connectivity index (χ2n) is 5.27.